The standard InChI is InChI=1S/C20H35N7O5/c1-12(2)7-16(20(31)32)27-19(30)15(8-13-9-23-11-25-13)26-17(28)10-24-18(29)14(22)5-3-4-6-21/h9,11-12,14-16H,3-8,10,21-22H2,1-2H3,(H,23,25)(H,24,29)(H,26,28)(H,27,30)(H,31,32). The largest absolute Gasteiger partial charge is 0.480 e. The molecule has 32 heavy (non-hydrogen) atoms. The molecule has 0 spiro atoms. The number of aromatic amines is 1. The Morgan fingerprint density at radius 1 is 1.12 bits per heavy atom. The summed E-state index contributed by atoms with van der Waals surface area (Å²) in [4.78, 5) is 55.4. The molecule has 0 aliphatic rings. The first-order valence-corrected chi connectivity index (χ1v) is 10.7. The molecule has 180 valence electrons. The number of hydrogen-bond donors (Lipinski definition) is 7. The minimum Gasteiger partial charge on any atom is -0.480 e. The number of aliphatic carboxylic acids is 1. The van der Waals surface area contributed by atoms with Crippen LogP contribution < -0.4 is 27.4 Å². The molecule has 3 amide bonds. The Bertz CT molecular complexity index is 739. The summed E-state index contributed by atoms with van der Waals surface area (Å²) in [5, 5.41) is 16.8. The molecule has 0 radical (unpaired) electrons. The predicted molar refractivity (Wildman–Crippen MR) is 117 cm³/mol. The maximum atomic E-state index is 12.8. The third kappa shape index (κ3) is 10.4. The molecular weight excluding hydrogens is 418 g/mol. The fourth-order valence-electron chi connectivity index (χ4n) is 2.97. The van der Waals surface area contributed by atoms with E-state index in [9.17, 15) is 24.3 Å². The highest BCUT2D eigenvalue weighted by Crippen LogP contribution is 2.07. The molecule has 12 nitrogen and oxygen atoms in total. The molecule has 0 aromatic carbocycles. The van der Waals surface area contributed by atoms with Crippen LogP contribution in [0.4, 0.5) is 0 Å². The lowest BCUT2D eigenvalue weighted by molar-refractivity contribution is -0.142. The van der Waals surface area contributed by atoms with Gasteiger partial charge in [-0.05, 0) is 31.7 Å². The predicted octanol–water partition coefficient (Wildman–Crippen LogP) is -1.37. The Morgan fingerprint density at radius 2 is 1.84 bits per heavy atom. The summed E-state index contributed by atoms with van der Waals surface area (Å²) < 4.78 is 0. The Morgan fingerprint density at radius 3 is 2.41 bits per heavy atom. The summed E-state index contributed by atoms with van der Waals surface area (Å²) >= 11 is 0. The second-order valence-corrected chi connectivity index (χ2v) is 8.04. The van der Waals surface area contributed by atoms with Crippen molar-refractivity contribution in [2.75, 3.05) is 13.1 Å². The Labute approximate surface area is 187 Å². The van der Waals surface area contributed by atoms with E-state index in [1.165, 1.54) is 12.5 Å². The molecule has 1 heterocycles. The van der Waals surface area contributed by atoms with Crippen molar-refractivity contribution in [2.24, 2.45) is 17.4 Å². The fourth-order valence-corrected chi connectivity index (χ4v) is 2.97. The lowest BCUT2D eigenvalue weighted by Crippen LogP contribution is -2.54. The number of hydrogen-bond acceptors (Lipinski definition) is 7. The van der Waals surface area contributed by atoms with Crippen molar-refractivity contribution in [2.45, 2.75) is 64.1 Å². The van der Waals surface area contributed by atoms with Crippen molar-refractivity contribution in [3.8, 4) is 0 Å². The zero-order valence-electron chi connectivity index (χ0n) is 18.6. The number of carboxylic acid groups (broad SMARTS) is 1. The average Bonchev–Trinajstić information content (AvgIpc) is 3.23. The molecule has 3 unspecified atom stereocenters. The van der Waals surface area contributed by atoms with Crippen LogP contribution in [0.5, 0.6) is 0 Å². The summed E-state index contributed by atoms with van der Waals surface area (Å²) in [6, 6.07) is -2.91. The number of nitrogens with one attached hydrogen (secondary N) is 4. The number of carboxylic acids is 1. The van der Waals surface area contributed by atoms with Crippen LogP contribution in [0, 0.1) is 5.92 Å². The highest BCUT2D eigenvalue weighted by Gasteiger charge is 2.28. The Kier molecular flexibility index (Phi) is 12.0. The summed E-state index contributed by atoms with van der Waals surface area (Å²) in [7, 11) is 0. The van der Waals surface area contributed by atoms with E-state index >= 15 is 0 Å². The topological polar surface area (TPSA) is 205 Å². The van der Waals surface area contributed by atoms with Crippen LogP contribution in [0.3, 0.4) is 0 Å². The van der Waals surface area contributed by atoms with E-state index in [1.807, 2.05) is 13.8 Å². The molecule has 1 aromatic rings. The van der Waals surface area contributed by atoms with E-state index < -0.39 is 41.8 Å². The summed E-state index contributed by atoms with van der Waals surface area (Å²) in [5.41, 5.74) is 11.8. The van der Waals surface area contributed by atoms with Crippen molar-refractivity contribution in [3.63, 3.8) is 0 Å². The zero-order valence-corrected chi connectivity index (χ0v) is 18.6. The van der Waals surface area contributed by atoms with Gasteiger partial charge >= 0.3 is 5.97 Å². The lowest BCUT2D eigenvalue weighted by Gasteiger charge is -2.22. The second-order valence-electron chi connectivity index (χ2n) is 8.04. The van der Waals surface area contributed by atoms with Gasteiger partial charge in [0.05, 0.1) is 18.9 Å². The highest BCUT2D eigenvalue weighted by atomic mass is 16.4. The van der Waals surface area contributed by atoms with Gasteiger partial charge in [-0.1, -0.05) is 20.3 Å². The van der Waals surface area contributed by atoms with Gasteiger partial charge in [-0.15, -0.1) is 0 Å². The molecule has 0 fully saturated rings. The minimum absolute atomic E-state index is 0.0429. The number of carbonyl (C=O) groups excluding carboxylic acids is 3. The number of amides is 3. The number of aromatic nitrogens is 2. The smallest absolute Gasteiger partial charge is 0.326 e. The first kappa shape index (κ1) is 27.0. The average molecular weight is 454 g/mol. The van der Waals surface area contributed by atoms with Gasteiger partial charge in [0.15, 0.2) is 0 Å². The van der Waals surface area contributed by atoms with Gasteiger partial charge in [-0.25, -0.2) is 9.78 Å². The molecular formula is C20H35N7O5. The molecule has 12 heteroatoms. The molecule has 3 atom stereocenters. The molecule has 9 N–H and O–H groups in total. The molecule has 0 saturated heterocycles. The SMILES string of the molecule is CC(C)CC(NC(=O)C(Cc1cnc[nH]1)NC(=O)CNC(=O)C(N)CCCCN)C(=O)O. The van der Waals surface area contributed by atoms with E-state index in [1.54, 1.807) is 0 Å². The number of carbonyl (C=O) groups is 4. The second kappa shape index (κ2) is 14.1. The number of H-pyrrole nitrogens is 1. The van der Waals surface area contributed by atoms with Crippen molar-refractivity contribution >= 4 is 23.7 Å². The van der Waals surface area contributed by atoms with Gasteiger partial charge in [0, 0.05) is 18.3 Å². The van der Waals surface area contributed by atoms with Crippen LogP contribution in [0.25, 0.3) is 0 Å². The van der Waals surface area contributed by atoms with Gasteiger partial charge in [0.25, 0.3) is 0 Å². The van der Waals surface area contributed by atoms with E-state index in [2.05, 4.69) is 25.9 Å². The van der Waals surface area contributed by atoms with Crippen LogP contribution in [-0.2, 0) is 25.6 Å². The quantitative estimate of drug-likeness (QED) is 0.157. The monoisotopic (exact) mass is 453 g/mol. The molecule has 1 rings (SSSR count). The number of unbranched alkanes of at least 4 members (excludes halogenated alkanes) is 1. The Balaban J connectivity index is 2.71. The minimum atomic E-state index is -1.16. The lowest BCUT2D eigenvalue weighted by atomic mass is 10.0. The number of nitrogens with zero attached hydrogens (tertiary/aromatic N) is 1. The first-order valence-electron chi connectivity index (χ1n) is 10.7. The van der Waals surface area contributed by atoms with Gasteiger partial charge in [-0.3, -0.25) is 14.4 Å². The van der Waals surface area contributed by atoms with Crippen molar-refractivity contribution in [1.82, 2.24) is 25.9 Å². The van der Waals surface area contributed by atoms with Gasteiger partial charge in [-0.2, -0.15) is 0 Å². The van der Waals surface area contributed by atoms with Crippen LogP contribution in [-0.4, -0.2) is 70.0 Å². The van der Waals surface area contributed by atoms with Crippen molar-refractivity contribution in [3.05, 3.63) is 18.2 Å². The number of rotatable bonds is 15. The summed E-state index contributed by atoms with van der Waals surface area (Å²) in [6.45, 7) is 3.83. The first-order chi connectivity index (χ1) is 15.1. The van der Waals surface area contributed by atoms with Gasteiger partial charge in [0.1, 0.15) is 12.1 Å². The third-order valence-electron chi connectivity index (χ3n) is 4.68. The fraction of sp³-hybridized carbons (Fsp3) is 0.650. The van der Waals surface area contributed by atoms with E-state index in [-0.39, 0.29) is 25.3 Å². The van der Waals surface area contributed by atoms with Crippen molar-refractivity contribution in [1.29, 1.82) is 0 Å². The zero-order chi connectivity index (χ0) is 24.1. The normalized spacial score (nSPS) is 13.8. The van der Waals surface area contributed by atoms with Crippen LogP contribution in [0.1, 0.15) is 45.2 Å². The van der Waals surface area contributed by atoms with E-state index in [4.69, 9.17) is 11.5 Å². The van der Waals surface area contributed by atoms with E-state index in [0.717, 1.165) is 6.42 Å². The summed E-state index contributed by atoms with van der Waals surface area (Å²) in [5.74, 6) is -2.85. The van der Waals surface area contributed by atoms with Crippen LogP contribution >= 0.6 is 0 Å². The van der Waals surface area contributed by atoms with Gasteiger partial charge in [0.2, 0.25) is 17.7 Å². The maximum absolute atomic E-state index is 12.8. The molecule has 0 bridgehead atoms. The highest BCUT2D eigenvalue weighted by molar-refractivity contribution is 5.92. The van der Waals surface area contributed by atoms with Crippen molar-refractivity contribution < 1.29 is 24.3 Å². The van der Waals surface area contributed by atoms with Gasteiger partial charge < -0.3 is 37.5 Å². The number of imidazole rings is 1. The van der Waals surface area contributed by atoms with Crippen LogP contribution in [0.2, 0.25) is 0 Å². The molecule has 1 aromatic heterocycles. The Hall–Kier alpha value is -2.99. The maximum Gasteiger partial charge on any atom is 0.326 e. The van der Waals surface area contributed by atoms with E-state index in [0.29, 0.717) is 25.1 Å². The molecule has 0 aliphatic heterocycles. The summed E-state index contributed by atoms with van der Waals surface area (Å²) in [6.07, 6.45) is 5.13. The molecule has 0 aliphatic carbocycles. The molecule has 0 saturated carbocycles. The number of nitrogens with two attached hydrogens (primary N) is 2. The van der Waals surface area contributed by atoms with Crippen LogP contribution in [0.15, 0.2) is 12.5 Å². The third-order valence-corrected chi connectivity index (χ3v) is 4.68.